The number of carboxylic acids is 1. The Morgan fingerprint density at radius 1 is 1.22 bits per heavy atom. The number of fused-ring (bicyclic) bond motifs is 2. The number of aromatic nitrogens is 3. The highest BCUT2D eigenvalue weighted by Crippen LogP contribution is 2.48. The lowest BCUT2D eigenvalue weighted by molar-refractivity contribution is -0.138. The number of carbonyl (C=O) groups is 3. The molecule has 0 spiro atoms. The molecule has 0 radical (unpaired) electrons. The number of pyridine rings is 1. The Balaban J connectivity index is 1.39. The van der Waals surface area contributed by atoms with Gasteiger partial charge in [0.15, 0.2) is 5.69 Å². The number of piperidine rings is 1. The first-order valence-corrected chi connectivity index (χ1v) is 10.7. The van der Waals surface area contributed by atoms with Gasteiger partial charge in [0, 0.05) is 11.4 Å². The summed E-state index contributed by atoms with van der Waals surface area (Å²) in [5.74, 6) is -1.91. The van der Waals surface area contributed by atoms with Crippen molar-refractivity contribution in [1.82, 2.24) is 19.7 Å². The van der Waals surface area contributed by atoms with Crippen molar-refractivity contribution in [3.05, 3.63) is 52.5 Å². The lowest BCUT2D eigenvalue weighted by atomic mass is 10.1. The SMILES string of the molecule is O=C(O)c1nn(CC(=O)N2[C@@H]3C[C@@H]3C[C@H]2C(=O)Nc2cccc(Br)n2)c2cc(F)ccc12. The minimum Gasteiger partial charge on any atom is -0.476 e. The zero-order valence-electron chi connectivity index (χ0n) is 16.5. The number of likely N-dealkylation sites (tertiary alicyclic amines) is 1. The fraction of sp³-hybridized carbons (Fsp3) is 0.286. The van der Waals surface area contributed by atoms with Crippen LogP contribution >= 0.6 is 15.9 Å². The van der Waals surface area contributed by atoms with E-state index in [4.69, 9.17) is 0 Å². The van der Waals surface area contributed by atoms with Crippen molar-refractivity contribution in [1.29, 1.82) is 0 Å². The molecule has 3 aromatic rings. The highest BCUT2D eigenvalue weighted by molar-refractivity contribution is 9.10. The van der Waals surface area contributed by atoms with Crippen molar-refractivity contribution in [3.8, 4) is 0 Å². The van der Waals surface area contributed by atoms with Gasteiger partial charge in [-0.3, -0.25) is 14.3 Å². The number of nitrogens with zero attached hydrogens (tertiary/aromatic N) is 4. The summed E-state index contributed by atoms with van der Waals surface area (Å²) in [5.41, 5.74) is -0.0461. The summed E-state index contributed by atoms with van der Waals surface area (Å²) in [6.07, 6.45) is 1.37. The summed E-state index contributed by atoms with van der Waals surface area (Å²) in [5, 5.41) is 16.4. The zero-order valence-corrected chi connectivity index (χ0v) is 18.1. The maximum absolute atomic E-state index is 13.8. The second-order valence-corrected chi connectivity index (χ2v) is 8.74. The third-order valence-corrected chi connectivity index (χ3v) is 6.30. The van der Waals surface area contributed by atoms with E-state index < -0.39 is 17.8 Å². The predicted molar refractivity (Wildman–Crippen MR) is 114 cm³/mol. The molecule has 0 unspecified atom stereocenters. The maximum Gasteiger partial charge on any atom is 0.357 e. The first kappa shape index (κ1) is 20.6. The molecule has 5 rings (SSSR count). The average Bonchev–Trinajstić information content (AvgIpc) is 3.25. The number of anilines is 1. The van der Waals surface area contributed by atoms with Gasteiger partial charge in [-0.1, -0.05) is 6.07 Å². The van der Waals surface area contributed by atoms with Crippen LogP contribution in [0.3, 0.4) is 0 Å². The first-order valence-electron chi connectivity index (χ1n) is 9.96. The number of hydrogen-bond acceptors (Lipinski definition) is 5. The molecule has 1 aromatic carbocycles. The van der Waals surface area contributed by atoms with E-state index in [2.05, 4.69) is 31.3 Å². The van der Waals surface area contributed by atoms with Crippen molar-refractivity contribution >= 4 is 50.4 Å². The van der Waals surface area contributed by atoms with Gasteiger partial charge < -0.3 is 15.3 Å². The van der Waals surface area contributed by atoms with Gasteiger partial charge in [-0.25, -0.2) is 14.2 Å². The van der Waals surface area contributed by atoms with Crippen LogP contribution in [0.25, 0.3) is 10.9 Å². The van der Waals surface area contributed by atoms with Crippen molar-refractivity contribution in [2.75, 3.05) is 5.32 Å². The molecule has 2 aliphatic rings. The number of rotatable bonds is 5. The molecule has 2 fully saturated rings. The first-order chi connectivity index (χ1) is 15.3. The van der Waals surface area contributed by atoms with Crippen LogP contribution in [0.2, 0.25) is 0 Å². The molecule has 3 atom stereocenters. The van der Waals surface area contributed by atoms with Crippen LogP contribution in [0, 0.1) is 11.7 Å². The Morgan fingerprint density at radius 3 is 2.78 bits per heavy atom. The van der Waals surface area contributed by atoms with Crippen LogP contribution in [0.4, 0.5) is 10.2 Å². The number of benzene rings is 1. The fourth-order valence-electron chi connectivity index (χ4n) is 4.37. The Morgan fingerprint density at radius 2 is 2.03 bits per heavy atom. The minimum absolute atomic E-state index is 0.0359. The molecule has 3 heterocycles. The average molecular weight is 502 g/mol. The van der Waals surface area contributed by atoms with Crippen molar-refractivity contribution in [2.24, 2.45) is 5.92 Å². The highest BCUT2D eigenvalue weighted by Gasteiger charge is 2.56. The van der Waals surface area contributed by atoms with Crippen molar-refractivity contribution in [3.63, 3.8) is 0 Å². The molecule has 11 heteroatoms. The van der Waals surface area contributed by atoms with Gasteiger partial charge >= 0.3 is 5.97 Å². The highest BCUT2D eigenvalue weighted by atomic mass is 79.9. The Bertz CT molecular complexity index is 1280. The third kappa shape index (κ3) is 3.62. The lowest BCUT2D eigenvalue weighted by Crippen LogP contribution is -2.46. The number of aromatic carboxylic acids is 1. The Labute approximate surface area is 189 Å². The van der Waals surface area contributed by atoms with Crippen LogP contribution in [-0.2, 0) is 16.1 Å². The molecule has 0 bridgehead atoms. The molecule has 1 aliphatic heterocycles. The van der Waals surface area contributed by atoms with E-state index in [0.29, 0.717) is 16.8 Å². The molecule has 2 aromatic heterocycles. The summed E-state index contributed by atoms with van der Waals surface area (Å²) in [4.78, 5) is 43.4. The molecule has 164 valence electrons. The van der Waals surface area contributed by atoms with E-state index in [1.807, 2.05) is 0 Å². The Hall–Kier alpha value is -3.34. The molecule has 1 saturated carbocycles. The van der Waals surface area contributed by atoms with E-state index >= 15 is 0 Å². The van der Waals surface area contributed by atoms with Crippen molar-refractivity contribution in [2.45, 2.75) is 31.5 Å². The molecule has 1 aliphatic carbocycles. The normalized spacial score (nSPS) is 21.4. The summed E-state index contributed by atoms with van der Waals surface area (Å²) in [7, 11) is 0. The molecule has 9 nitrogen and oxygen atoms in total. The second-order valence-electron chi connectivity index (χ2n) is 7.92. The Kier molecular flexibility index (Phi) is 4.92. The van der Waals surface area contributed by atoms with E-state index in [-0.39, 0.29) is 46.9 Å². The molecular weight excluding hydrogens is 485 g/mol. The number of hydrogen-bond donors (Lipinski definition) is 2. The van der Waals surface area contributed by atoms with E-state index in [1.165, 1.54) is 10.7 Å². The molecular formula is C21H17BrFN5O4. The van der Waals surface area contributed by atoms with Gasteiger partial charge in [0.2, 0.25) is 11.8 Å². The quantitative estimate of drug-likeness (QED) is 0.519. The van der Waals surface area contributed by atoms with Crippen molar-refractivity contribution < 1.29 is 23.9 Å². The maximum atomic E-state index is 13.8. The standard InChI is InChI=1S/C21H17BrFN5O4/c22-16-2-1-3-17(24-16)25-20(30)15-7-10-6-13(10)28(15)18(29)9-27-14-8-11(23)4-5-12(14)19(26-27)21(31)32/h1-5,8,10,13,15H,6-7,9H2,(H,31,32)(H,24,25,30)/t10-,13-,15+/m1/s1. The van der Waals surface area contributed by atoms with E-state index in [0.717, 1.165) is 18.6 Å². The largest absolute Gasteiger partial charge is 0.476 e. The minimum atomic E-state index is -1.27. The number of halogens is 2. The van der Waals surface area contributed by atoms with Crippen LogP contribution in [0.1, 0.15) is 23.3 Å². The van der Waals surface area contributed by atoms with Gasteiger partial charge in [0.1, 0.15) is 28.8 Å². The number of nitrogens with one attached hydrogen (secondary N) is 1. The van der Waals surface area contributed by atoms with Gasteiger partial charge in [-0.15, -0.1) is 0 Å². The van der Waals surface area contributed by atoms with Gasteiger partial charge in [0.25, 0.3) is 0 Å². The third-order valence-electron chi connectivity index (χ3n) is 5.86. The van der Waals surface area contributed by atoms with Gasteiger partial charge in [-0.05, 0) is 65.0 Å². The van der Waals surface area contributed by atoms with Crippen LogP contribution < -0.4 is 5.32 Å². The number of amides is 2. The second kappa shape index (κ2) is 7.66. The van der Waals surface area contributed by atoms with E-state index in [9.17, 15) is 23.9 Å². The summed E-state index contributed by atoms with van der Waals surface area (Å²) >= 11 is 3.26. The number of carbonyl (C=O) groups excluding carboxylic acids is 2. The summed E-state index contributed by atoms with van der Waals surface area (Å²) in [6, 6.07) is 8.06. The zero-order chi connectivity index (χ0) is 22.6. The van der Waals surface area contributed by atoms with Crippen LogP contribution in [0.15, 0.2) is 41.0 Å². The lowest BCUT2D eigenvalue weighted by Gasteiger charge is -2.26. The van der Waals surface area contributed by atoms with Gasteiger partial charge in [0.05, 0.1) is 5.52 Å². The molecule has 32 heavy (non-hydrogen) atoms. The van der Waals surface area contributed by atoms with E-state index in [1.54, 1.807) is 23.1 Å². The molecule has 2 amide bonds. The number of carboxylic acid groups (broad SMARTS) is 1. The monoisotopic (exact) mass is 501 g/mol. The predicted octanol–water partition coefficient (Wildman–Crippen LogP) is 2.66. The fourth-order valence-corrected chi connectivity index (χ4v) is 4.72. The topological polar surface area (TPSA) is 117 Å². The summed E-state index contributed by atoms with van der Waals surface area (Å²) in [6.45, 7) is -0.296. The molecule has 2 N–H and O–H groups in total. The van der Waals surface area contributed by atoms with Crippen LogP contribution in [0.5, 0.6) is 0 Å². The smallest absolute Gasteiger partial charge is 0.357 e. The molecule has 1 saturated heterocycles. The summed E-state index contributed by atoms with van der Waals surface area (Å²) < 4.78 is 15.6. The van der Waals surface area contributed by atoms with Gasteiger partial charge in [-0.2, -0.15) is 5.10 Å². The van der Waals surface area contributed by atoms with Crippen LogP contribution in [-0.4, -0.2) is 54.6 Å².